The Bertz CT molecular complexity index is 849. The molecule has 15 atom stereocenters. The molecule has 3 rings (SSSR count). The van der Waals surface area contributed by atoms with E-state index >= 15 is 0 Å². The first-order valence-corrected chi connectivity index (χ1v) is 14.9. The van der Waals surface area contributed by atoms with Gasteiger partial charge in [0.15, 0.2) is 18.4 Å². The minimum atomic E-state index is -1.54. The van der Waals surface area contributed by atoms with Crippen LogP contribution in [-0.4, -0.2) is 155 Å². The highest BCUT2D eigenvalue weighted by atomic mass is 16.7. The second kappa shape index (κ2) is 17.1. The van der Waals surface area contributed by atoms with Gasteiger partial charge in [0.1, 0.15) is 36.6 Å². The third-order valence-electron chi connectivity index (χ3n) is 8.46. The summed E-state index contributed by atoms with van der Waals surface area (Å²) in [4.78, 5) is 12.6. The summed E-state index contributed by atoms with van der Waals surface area (Å²) >= 11 is 0. The summed E-state index contributed by atoms with van der Waals surface area (Å²) in [5.74, 6) is -1.35. The van der Waals surface area contributed by atoms with E-state index < -0.39 is 97.8 Å². The lowest BCUT2D eigenvalue weighted by atomic mass is 9.76. The number of ether oxygens (including phenoxy) is 4. The van der Waals surface area contributed by atoms with Crippen molar-refractivity contribution < 1.29 is 54.4 Å². The molecule has 0 amide bonds. The molecule has 0 bridgehead atoms. The number of hydrogen-bond acceptors (Lipinski definition) is 17. The molecule has 17 heteroatoms. The van der Waals surface area contributed by atoms with Gasteiger partial charge in [0.2, 0.25) is 0 Å². The van der Waals surface area contributed by atoms with Crippen molar-refractivity contribution >= 4 is 5.78 Å². The van der Waals surface area contributed by atoms with Crippen molar-refractivity contribution in [3.05, 3.63) is 0 Å². The van der Waals surface area contributed by atoms with E-state index in [0.29, 0.717) is 38.9 Å². The van der Waals surface area contributed by atoms with Crippen LogP contribution in [0.15, 0.2) is 0 Å². The van der Waals surface area contributed by atoms with Crippen LogP contribution >= 0.6 is 0 Å². The number of carbonyl (C=O) groups is 1. The minimum absolute atomic E-state index is 0.0995. The van der Waals surface area contributed by atoms with Crippen molar-refractivity contribution in [2.75, 3.05) is 32.8 Å². The van der Waals surface area contributed by atoms with Crippen LogP contribution in [0.1, 0.15) is 32.1 Å². The van der Waals surface area contributed by atoms with Crippen molar-refractivity contribution in [2.24, 2.45) is 34.6 Å². The summed E-state index contributed by atoms with van der Waals surface area (Å²) < 4.78 is 23.8. The van der Waals surface area contributed by atoms with Crippen LogP contribution < -0.4 is 34.0 Å². The maximum absolute atomic E-state index is 12.6. The second-order valence-corrected chi connectivity index (χ2v) is 11.8. The molecular weight excluding hydrogens is 572 g/mol. The van der Waals surface area contributed by atoms with Gasteiger partial charge in [-0.15, -0.1) is 0 Å². The highest BCUT2D eigenvalue weighted by molar-refractivity contribution is 5.83. The summed E-state index contributed by atoms with van der Waals surface area (Å²) in [5, 5.41) is 65.1. The lowest BCUT2D eigenvalue weighted by Gasteiger charge is -2.48. The van der Waals surface area contributed by atoms with E-state index in [4.69, 9.17) is 47.6 Å². The number of carbonyl (C=O) groups excluding carboxylic acids is 1. The molecule has 17 nitrogen and oxygen atoms in total. The predicted octanol–water partition coefficient (Wildman–Crippen LogP) is -6.36. The van der Waals surface area contributed by atoms with Crippen LogP contribution in [0.4, 0.5) is 0 Å². The molecule has 2 unspecified atom stereocenters. The largest absolute Gasteiger partial charge is 0.394 e. The van der Waals surface area contributed by atoms with Gasteiger partial charge in [0, 0.05) is 32.1 Å². The number of rotatable bonds is 15. The summed E-state index contributed by atoms with van der Waals surface area (Å²) in [5.41, 5.74) is 29.6. The Labute approximate surface area is 250 Å². The average Bonchev–Trinajstić information content (AvgIpc) is 2.98. The smallest absolute Gasteiger partial charge is 0.186 e. The fourth-order valence-electron chi connectivity index (χ4n) is 5.83. The molecule has 43 heavy (non-hydrogen) atoms. The third kappa shape index (κ3) is 9.52. The Morgan fingerprint density at radius 3 is 2.28 bits per heavy atom. The first-order chi connectivity index (χ1) is 20.4. The van der Waals surface area contributed by atoms with Crippen LogP contribution in [0, 0.1) is 5.92 Å². The van der Waals surface area contributed by atoms with E-state index in [1.807, 2.05) is 0 Å². The van der Waals surface area contributed by atoms with Crippen molar-refractivity contribution in [2.45, 2.75) is 118 Å². The Balaban J connectivity index is 1.74. The van der Waals surface area contributed by atoms with Gasteiger partial charge in [0.05, 0.1) is 37.0 Å². The molecule has 17 N–H and O–H groups in total. The Hall–Kier alpha value is -0.970. The summed E-state index contributed by atoms with van der Waals surface area (Å²) in [6, 6.07) is -2.58. The average molecular weight is 625 g/mol. The molecule has 2 aliphatic heterocycles. The van der Waals surface area contributed by atoms with Gasteiger partial charge in [-0.3, -0.25) is 4.79 Å². The monoisotopic (exact) mass is 624 g/mol. The second-order valence-electron chi connectivity index (χ2n) is 11.8. The molecule has 0 spiro atoms. The lowest BCUT2D eigenvalue weighted by Crippen LogP contribution is -2.66. The molecule has 3 aliphatic rings. The molecule has 2 heterocycles. The standard InChI is InChI=1S/C26H52N6O11/c27-4-3-12(34)8-32-9-13-1-2-14(29)25(40-13)43-24-15(30)5-11(6-16(35)17(36)7-28)23(22(24)39)42-26-21(38)19(31)20(37)18(10-33)41-26/h11-15,17-26,32-34,36-39H,1-10,27-31H2/t11-,12?,13-,14+,15-,17-,18+,19-,20+,21+,22+,23-,24?,25+,26+/m0/s1. The number of ketones is 1. The van der Waals surface area contributed by atoms with E-state index in [0.717, 1.165) is 0 Å². The molecule has 0 aromatic carbocycles. The number of hydrogen-bond donors (Lipinski definition) is 12. The first-order valence-electron chi connectivity index (χ1n) is 14.9. The number of nitrogens with two attached hydrogens (primary N) is 5. The van der Waals surface area contributed by atoms with Gasteiger partial charge in [-0.2, -0.15) is 0 Å². The molecule has 1 saturated carbocycles. The minimum Gasteiger partial charge on any atom is -0.394 e. The summed E-state index contributed by atoms with van der Waals surface area (Å²) in [6.07, 6.45) is -11.1. The maximum Gasteiger partial charge on any atom is 0.186 e. The number of Topliss-reactive ketones (excluding diaryl/α,β-unsaturated/α-hetero) is 1. The van der Waals surface area contributed by atoms with Crippen molar-refractivity contribution in [1.29, 1.82) is 0 Å². The number of nitrogens with one attached hydrogen (secondary N) is 1. The molecular formula is C26H52N6O11. The zero-order chi connectivity index (χ0) is 31.8. The summed E-state index contributed by atoms with van der Waals surface area (Å²) in [6.45, 7) is 0.210. The molecule has 0 aromatic rings. The van der Waals surface area contributed by atoms with Crippen molar-refractivity contribution in [3.63, 3.8) is 0 Å². The SMILES string of the molecule is NCCC(O)CNC[C@@H]1CC[C@@H](N)[C@@H](OC2[C@@H](N)C[C@@H](CC(=O)[C@@H](O)CN)[C@H](O[C@H]3O[C@H](CO)[C@@H](O)[C@H](N)[C@H]3O)[C@H]2O)O1. The van der Waals surface area contributed by atoms with E-state index in [1.165, 1.54) is 0 Å². The van der Waals surface area contributed by atoms with E-state index in [2.05, 4.69) is 5.32 Å². The van der Waals surface area contributed by atoms with Crippen LogP contribution in [0.25, 0.3) is 0 Å². The molecule has 0 aromatic heterocycles. The van der Waals surface area contributed by atoms with Crippen LogP contribution in [-0.2, 0) is 23.7 Å². The Morgan fingerprint density at radius 2 is 1.63 bits per heavy atom. The molecule has 1 aliphatic carbocycles. The van der Waals surface area contributed by atoms with Gasteiger partial charge in [-0.25, -0.2) is 0 Å². The normalized spacial score (nSPS) is 42.0. The van der Waals surface area contributed by atoms with Crippen LogP contribution in [0.2, 0.25) is 0 Å². The lowest BCUT2D eigenvalue weighted by molar-refractivity contribution is -0.318. The van der Waals surface area contributed by atoms with E-state index in [1.54, 1.807) is 0 Å². The van der Waals surface area contributed by atoms with E-state index in [-0.39, 0.29) is 25.5 Å². The van der Waals surface area contributed by atoms with Gasteiger partial charge in [-0.1, -0.05) is 0 Å². The first kappa shape index (κ1) is 36.5. The Morgan fingerprint density at radius 1 is 0.930 bits per heavy atom. The molecule has 0 radical (unpaired) electrons. The fraction of sp³-hybridized carbons (Fsp3) is 0.962. The van der Waals surface area contributed by atoms with Gasteiger partial charge in [0.25, 0.3) is 0 Å². The van der Waals surface area contributed by atoms with Gasteiger partial charge >= 0.3 is 0 Å². The van der Waals surface area contributed by atoms with Gasteiger partial charge < -0.3 is 83.6 Å². The Kier molecular flexibility index (Phi) is 14.5. The highest BCUT2D eigenvalue weighted by Crippen LogP contribution is 2.36. The maximum atomic E-state index is 12.6. The zero-order valence-electron chi connectivity index (χ0n) is 24.3. The molecule has 2 saturated heterocycles. The van der Waals surface area contributed by atoms with Crippen LogP contribution in [0.3, 0.4) is 0 Å². The number of aliphatic hydroxyl groups excluding tert-OH is 6. The van der Waals surface area contributed by atoms with Crippen molar-refractivity contribution in [3.8, 4) is 0 Å². The predicted molar refractivity (Wildman–Crippen MR) is 151 cm³/mol. The zero-order valence-corrected chi connectivity index (χ0v) is 24.3. The van der Waals surface area contributed by atoms with E-state index in [9.17, 15) is 35.4 Å². The van der Waals surface area contributed by atoms with Gasteiger partial charge in [-0.05, 0) is 38.1 Å². The third-order valence-corrected chi connectivity index (χ3v) is 8.46. The summed E-state index contributed by atoms with van der Waals surface area (Å²) in [7, 11) is 0. The number of aliphatic hydroxyl groups is 6. The molecule has 3 fully saturated rings. The van der Waals surface area contributed by atoms with Crippen molar-refractivity contribution in [1.82, 2.24) is 5.32 Å². The topological polar surface area (TPSA) is 318 Å². The van der Waals surface area contributed by atoms with Crippen LogP contribution in [0.5, 0.6) is 0 Å². The highest BCUT2D eigenvalue weighted by Gasteiger charge is 2.51. The quantitative estimate of drug-likeness (QED) is 0.0805. The fourth-order valence-corrected chi connectivity index (χ4v) is 5.83. The molecule has 252 valence electrons.